The number of rotatable bonds is 4. The minimum Gasteiger partial charge on any atom is -0.444 e. The molecule has 0 saturated carbocycles. The van der Waals surface area contributed by atoms with E-state index in [2.05, 4.69) is 15.3 Å². The number of aromatic nitrogens is 2. The van der Waals surface area contributed by atoms with Gasteiger partial charge in [0, 0.05) is 16.9 Å². The molecule has 110 valence electrons. The van der Waals surface area contributed by atoms with Crippen molar-refractivity contribution in [3.8, 4) is 11.3 Å². The molecule has 2 aromatic heterocycles. The number of hydrogen-bond donors (Lipinski definition) is 2. The molecule has 0 saturated heterocycles. The molecule has 0 aliphatic carbocycles. The van der Waals surface area contributed by atoms with Crippen LogP contribution in [0.3, 0.4) is 0 Å². The fraction of sp³-hybridized carbons (Fsp3) is 0.0625. The van der Waals surface area contributed by atoms with E-state index in [-0.39, 0.29) is 0 Å². The van der Waals surface area contributed by atoms with Crippen LogP contribution in [-0.2, 0) is 0 Å². The lowest BCUT2D eigenvalue weighted by Crippen LogP contribution is -2.14. The van der Waals surface area contributed by atoms with Crippen molar-refractivity contribution in [3.05, 3.63) is 60.2 Å². The van der Waals surface area contributed by atoms with Crippen LogP contribution in [0.4, 0.5) is 11.5 Å². The normalized spacial score (nSPS) is 10.4. The third kappa shape index (κ3) is 2.80. The molecule has 3 N–H and O–H groups in total. The maximum atomic E-state index is 11.5. The highest BCUT2D eigenvalue weighted by Crippen LogP contribution is 2.23. The molecular weight excluding hydrogens is 280 g/mol. The Bertz CT molecular complexity index is 796. The van der Waals surface area contributed by atoms with Gasteiger partial charge in [-0.15, -0.1) is 0 Å². The molecule has 6 heteroatoms. The predicted octanol–water partition coefficient (Wildman–Crippen LogP) is 2.89. The van der Waals surface area contributed by atoms with Gasteiger partial charge in [0.25, 0.3) is 5.91 Å². The molecule has 0 fully saturated rings. The van der Waals surface area contributed by atoms with Crippen molar-refractivity contribution in [1.82, 2.24) is 9.97 Å². The Morgan fingerprint density at radius 2 is 1.95 bits per heavy atom. The summed E-state index contributed by atoms with van der Waals surface area (Å²) in [4.78, 5) is 19.7. The van der Waals surface area contributed by atoms with Gasteiger partial charge in [-0.1, -0.05) is 0 Å². The molecule has 0 unspecified atom stereocenters. The smallest absolute Gasteiger partial charge is 0.252 e. The Balaban J connectivity index is 1.87. The Morgan fingerprint density at radius 3 is 2.59 bits per heavy atom. The zero-order valence-electron chi connectivity index (χ0n) is 11.9. The van der Waals surface area contributed by atoms with E-state index in [0.717, 1.165) is 16.9 Å². The van der Waals surface area contributed by atoms with Gasteiger partial charge in [-0.2, -0.15) is 0 Å². The molecule has 3 rings (SSSR count). The zero-order valence-corrected chi connectivity index (χ0v) is 11.9. The van der Waals surface area contributed by atoms with E-state index in [4.69, 9.17) is 10.2 Å². The first kappa shape index (κ1) is 13.8. The number of nitrogens with two attached hydrogens (primary N) is 1. The van der Waals surface area contributed by atoms with Crippen molar-refractivity contribution in [1.29, 1.82) is 0 Å². The summed E-state index contributed by atoms with van der Waals surface area (Å²) in [6, 6.07) is 10.9. The van der Waals surface area contributed by atoms with Crippen LogP contribution >= 0.6 is 0 Å². The number of amides is 1. The highest BCUT2D eigenvalue weighted by molar-refractivity contribution is 5.98. The van der Waals surface area contributed by atoms with Gasteiger partial charge in [-0.25, -0.2) is 9.97 Å². The molecule has 2 heterocycles. The number of oxazole rings is 1. The molecular formula is C16H14N4O2. The van der Waals surface area contributed by atoms with E-state index in [1.165, 1.54) is 6.39 Å². The second-order valence-corrected chi connectivity index (χ2v) is 4.78. The Labute approximate surface area is 127 Å². The number of aryl methyl sites for hydroxylation is 1. The Hall–Kier alpha value is -3.15. The summed E-state index contributed by atoms with van der Waals surface area (Å²) in [6.07, 6.45) is 3.03. The van der Waals surface area contributed by atoms with Gasteiger partial charge in [0.1, 0.15) is 5.82 Å². The van der Waals surface area contributed by atoms with Crippen LogP contribution in [0.1, 0.15) is 16.1 Å². The Morgan fingerprint density at radius 1 is 1.18 bits per heavy atom. The number of anilines is 2. The summed E-state index contributed by atoms with van der Waals surface area (Å²) in [7, 11) is 0. The van der Waals surface area contributed by atoms with Crippen LogP contribution in [-0.4, -0.2) is 15.9 Å². The fourth-order valence-corrected chi connectivity index (χ4v) is 2.06. The lowest BCUT2D eigenvalue weighted by Gasteiger charge is -2.10. The minimum atomic E-state index is -0.520. The maximum absolute atomic E-state index is 11.5. The average molecular weight is 294 g/mol. The molecule has 3 aromatic rings. The molecule has 0 bridgehead atoms. The van der Waals surface area contributed by atoms with Crippen LogP contribution in [0, 0.1) is 6.92 Å². The largest absolute Gasteiger partial charge is 0.444 e. The van der Waals surface area contributed by atoms with Crippen molar-refractivity contribution in [3.63, 3.8) is 0 Å². The van der Waals surface area contributed by atoms with Gasteiger partial charge in [-0.05, 0) is 43.3 Å². The number of nitrogens with zero attached hydrogens (tertiary/aromatic N) is 2. The van der Waals surface area contributed by atoms with Crippen molar-refractivity contribution < 1.29 is 9.21 Å². The lowest BCUT2D eigenvalue weighted by atomic mass is 10.1. The number of benzene rings is 1. The van der Waals surface area contributed by atoms with E-state index in [9.17, 15) is 4.79 Å². The van der Waals surface area contributed by atoms with Gasteiger partial charge >= 0.3 is 0 Å². The van der Waals surface area contributed by atoms with E-state index in [0.29, 0.717) is 17.1 Å². The van der Waals surface area contributed by atoms with Gasteiger partial charge in [0.15, 0.2) is 12.2 Å². The van der Waals surface area contributed by atoms with Crippen molar-refractivity contribution in [2.75, 3.05) is 5.32 Å². The second-order valence-electron chi connectivity index (χ2n) is 4.78. The van der Waals surface area contributed by atoms with Gasteiger partial charge < -0.3 is 15.5 Å². The SMILES string of the molecule is Cc1ccc(C(N)=O)c(Nc2ccc(-c3cnco3)cc2)n1. The van der Waals surface area contributed by atoms with Crippen molar-refractivity contribution >= 4 is 17.4 Å². The first-order valence-electron chi connectivity index (χ1n) is 6.67. The number of primary amides is 1. The molecule has 1 amide bonds. The van der Waals surface area contributed by atoms with E-state index in [1.807, 2.05) is 31.2 Å². The van der Waals surface area contributed by atoms with Crippen molar-refractivity contribution in [2.24, 2.45) is 5.73 Å². The number of carbonyl (C=O) groups excluding carboxylic acids is 1. The van der Waals surface area contributed by atoms with Crippen LogP contribution in [0.2, 0.25) is 0 Å². The first-order chi connectivity index (χ1) is 10.6. The molecule has 22 heavy (non-hydrogen) atoms. The van der Waals surface area contributed by atoms with Gasteiger partial charge in [0.2, 0.25) is 0 Å². The molecule has 0 atom stereocenters. The van der Waals surface area contributed by atoms with Crippen LogP contribution < -0.4 is 11.1 Å². The van der Waals surface area contributed by atoms with E-state index >= 15 is 0 Å². The topological polar surface area (TPSA) is 94.0 Å². The quantitative estimate of drug-likeness (QED) is 0.771. The summed E-state index contributed by atoms with van der Waals surface area (Å²) < 4.78 is 5.24. The third-order valence-corrected chi connectivity index (χ3v) is 3.16. The monoisotopic (exact) mass is 294 g/mol. The molecule has 6 nitrogen and oxygen atoms in total. The number of pyridine rings is 1. The standard InChI is InChI=1S/C16H14N4O2/c1-10-2-7-13(15(17)21)16(19-10)20-12-5-3-11(4-6-12)14-8-18-9-22-14/h2-9H,1H3,(H2,17,21)(H,19,20). The summed E-state index contributed by atoms with van der Waals surface area (Å²) >= 11 is 0. The first-order valence-corrected chi connectivity index (χ1v) is 6.67. The van der Waals surface area contributed by atoms with Crippen LogP contribution in [0.25, 0.3) is 11.3 Å². The maximum Gasteiger partial charge on any atom is 0.252 e. The highest BCUT2D eigenvalue weighted by atomic mass is 16.3. The van der Waals surface area contributed by atoms with E-state index < -0.39 is 5.91 Å². The zero-order chi connectivity index (χ0) is 15.5. The van der Waals surface area contributed by atoms with Gasteiger partial charge in [-0.3, -0.25) is 4.79 Å². The molecule has 0 spiro atoms. The van der Waals surface area contributed by atoms with E-state index in [1.54, 1.807) is 18.3 Å². The molecule has 1 aromatic carbocycles. The summed E-state index contributed by atoms with van der Waals surface area (Å²) in [5.74, 6) is 0.617. The summed E-state index contributed by atoms with van der Waals surface area (Å²) in [5.41, 5.74) is 8.22. The number of carbonyl (C=O) groups is 1. The summed E-state index contributed by atoms with van der Waals surface area (Å²) in [6.45, 7) is 1.85. The minimum absolute atomic E-state index is 0.352. The predicted molar refractivity (Wildman–Crippen MR) is 82.7 cm³/mol. The molecule has 0 aliphatic rings. The second kappa shape index (κ2) is 5.69. The number of nitrogens with one attached hydrogen (secondary N) is 1. The number of hydrogen-bond acceptors (Lipinski definition) is 5. The fourth-order valence-electron chi connectivity index (χ4n) is 2.06. The average Bonchev–Trinajstić information content (AvgIpc) is 3.02. The van der Waals surface area contributed by atoms with Gasteiger partial charge in [0.05, 0.1) is 11.8 Å². The Kier molecular flexibility index (Phi) is 3.57. The molecule has 0 radical (unpaired) electrons. The molecule has 0 aliphatic heterocycles. The highest BCUT2D eigenvalue weighted by Gasteiger charge is 2.10. The van der Waals surface area contributed by atoms with Crippen molar-refractivity contribution in [2.45, 2.75) is 6.92 Å². The summed E-state index contributed by atoms with van der Waals surface area (Å²) in [5, 5.41) is 3.11. The van der Waals surface area contributed by atoms with Crippen LogP contribution in [0.5, 0.6) is 0 Å². The van der Waals surface area contributed by atoms with Crippen LogP contribution in [0.15, 0.2) is 53.4 Å². The lowest BCUT2D eigenvalue weighted by molar-refractivity contribution is 0.100. The third-order valence-electron chi connectivity index (χ3n) is 3.16.